The fraction of sp³-hybridized carbons (Fsp3) is 0.200. The van der Waals surface area contributed by atoms with E-state index in [9.17, 15) is 4.79 Å². The normalized spacial score (nSPS) is 11.8. The van der Waals surface area contributed by atoms with Crippen molar-refractivity contribution < 1.29 is 4.79 Å². The number of rotatable bonds is 4. The van der Waals surface area contributed by atoms with Crippen molar-refractivity contribution in [3.05, 3.63) is 59.9 Å². The number of nitrogens with one attached hydrogen (secondary N) is 1. The van der Waals surface area contributed by atoms with E-state index in [4.69, 9.17) is 5.73 Å². The van der Waals surface area contributed by atoms with Gasteiger partial charge in [0, 0.05) is 11.9 Å². The minimum absolute atomic E-state index is 0.0382. The molecule has 1 atom stereocenters. The van der Waals surface area contributed by atoms with Gasteiger partial charge in [0.05, 0.1) is 18.2 Å². The maximum Gasteiger partial charge on any atom is 0.224 e. The zero-order chi connectivity index (χ0) is 13.7. The first-order valence-electron chi connectivity index (χ1n) is 6.20. The Morgan fingerprint density at radius 3 is 2.84 bits per heavy atom. The number of benzene rings is 1. The third-order valence-electron chi connectivity index (χ3n) is 2.82. The number of carbonyl (C=O) groups is 1. The summed E-state index contributed by atoms with van der Waals surface area (Å²) in [6, 6.07) is 12.9. The molecule has 0 aliphatic heterocycles. The smallest absolute Gasteiger partial charge is 0.224 e. The molecule has 1 aromatic carbocycles. The second kappa shape index (κ2) is 6.00. The molecule has 0 spiro atoms. The molecule has 0 aliphatic rings. The molecule has 0 bridgehead atoms. The highest BCUT2D eigenvalue weighted by atomic mass is 16.1. The van der Waals surface area contributed by atoms with E-state index in [1.54, 1.807) is 12.3 Å². The topological polar surface area (TPSA) is 68.0 Å². The number of aromatic nitrogens is 1. The molecule has 0 fully saturated rings. The van der Waals surface area contributed by atoms with Crippen LogP contribution in [0.5, 0.6) is 0 Å². The highest BCUT2D eigenvalue weighted by Crippen LogP contribution is 2.10. The highest BCUT2D eigenvalue weighted by molar-refractivity contribution is 5.79. The fourth-order valence-corrected chi connectivity index (χ4v) is 1.89. The molecule has 4 nitrogen and oxygen atoms in total. The molecule has 1 unspecified atom stereocenters. The van der Waals surface area contributed by atoms with Crippen molar-refractivity contribution in [2.45, 2.75) is 19.4 Å². The second-order valence-corrected chi connectivity index (χ2v) is 4.47. The lowest BCUT2D eigenvalue weighted by Gasteiger charge is -2.13. The maximum atomic E-state index is 11.9. The number of nitrogens with two attached hydrogens (primary N) is 1. The second-order valence-electron chi connectivity index (χ2n) is 4.47. The average molecular weight is 255 g/mol. The summed E-state index contributed by atoms with van der Waals surface area (Å²) in [5, 5.41) is 2.92. The summed E-state index contributed by atoms with van der Waals surface area (Å²) in [7, 11) is 0. The molecule has 98 valence electrons. The largest absolute Gasteiger partial charge is 0.399 e. The van der Waals surface area contributed by atoms with Gasteiger partial charge in [0.2, 0.25) is 5.91 Å². The van der Waals surface area contributed by atoms with Crippen LogP contribution in [0.2, 0.25) is 0 Å². The standard InChI is InChI=1S/C15H17N3O/c1-11(14-7-2-3-8-17-14)18-15(19)10-12-5-4-6-13(16)9-12/h2-9,11H,10,16H2,1H3,(H,18,19). The molecular weight excluding hydrogens is 238 g/mol. The van der Waals surface area contributed by atoms with E-state index in [0.29, 0.717) is 12.1 Å². The molecule has 4 heteroatoms. The Bertz CT molecular complexity index is 554. The van der Waals surface area contributed by atoms with E-state index in [0.717, 1.165) is 11.3 Å². The van der Waals surface area contributed by atoms with Crippen LogP contribution >= 0.6 is 0 Å². The van der Waals surface area contributed by atoms with E-state index >= 15 is 0 Å². The molecule has 0 radical (unpaired) electrons. The molecule has 1 heterocycles. The van der Waals surface area contributed by atoms with Crippen LogP contribution in [-0.2, 0) is 11.2 Å². The van der Waals surface area contributed by atoms with Crippen molar-refractivity contribution in [3.8, 4) is 0 Å². The lowest BCUT2D eigenvalue weighted by molar-refractivity contribution is -0.121. The molecule has 0 saturated carbocycles. The Kier molecular flexibility index (Phi) is 4.13. The summed E-state index contributed by atoms with van der Waals surface area (Å²) in [4.78, 5) is 16.1. The molecule has 2 aromatic rings. The summed E-state index contributed by atoms with van der Waals surface area (Å²) in [5.74, 6) is -0.0382. The van der Waals surface area contributed by atoms with E-state index in [-0.39, 0.29) is 11.9 Å². The molecule has 1 aromatic heterocycles. The van der Waals surface area contributed by atoms with Gasteiger partial charge in [-0.1, -0.05) is 18.2 Å². The predicted octanol–water partition coefficient (Wildman–Crippen LogP) is 2.08. The van der Waals surface area contributed by atoms with Gasteiger partial charge in [-0.05, 0) is 36.8 Å². The molecule has 1 amide bonds. The highest BCUT2D eigenvalue weighted by Gasteiger charge is 2.10. The van der Waals surface area contributed by atoms with Crippen molar-refractivity contribution in [1.29, 1.82) is 0 Å². The monoisotopic (exact) mass is 255 g/mol. The van der Waals surface area contributed by atoms with Crippen LogP contribution in [0.1, 0.15) is 24.2 Å². The van der Waals surface area contributed by atoms with Crippen LogP contribution in [0.3, 0.4) is 0 Å². The number of nitrogens with zero attached hydrogens (tertiary/aromatic N) is 1. The summed E-state index contributed by atoms with van der Waals surface area (Å²) >= 11 is 0. The fourth-order valence-electron chi connectivity index (χ4n) is 1.89. The van der Waals surface area contributed by atoms with Gasteiger partial charge < -0.3 is 11.1 Å². The van der Waals surface area contributed by atoms with Crippen molar-refractivity contribution >= 4 is 11.6 Å². The van der Waals surface area contributed by atoms with E-state index in [2.05, 4.69) is 10.3 Å². The number of carbonyl (C=O) groups excluding carboxylic acids is 1. The Hall–Kier alpha value is -2.36. The van der Waals surface area contributed by atoms with Gasteiger partial charge in [0.25, 0.3) is 0 Å². The minimum Gasteiger partial charge on any atom is -0.399 e. The summed E-state index contributed by atoms with van der Waals surface area (Å²) in [6.07, 6.45) is 2.04. The number of pyridine rings is 1. The molecular formula is C15H17N3O. The van der Waals surface area contributed by atoms with Crippen LogP contribution < -0.4 is 11.1 Å². The van der Waals surface area contributed by atoms with Crippen molar-refractivity contribution in [2.75, 3.05) is 5.73 Å². The van der Waals surface area contributed by atoms with Gasteiger partial charge in [0.1, 0.15) is 0 Å². The molecule has 19 heavy (non-hydrogen) atoms. The lowest BCUT2D eigenvalue weighted by atomic mass is 10.1. The summed E-state index contributed by atoms with van der Waals surface area (Å²) < 4.78 is 0. The maximum absolute atomic E-state index is 11.9. The molecule has 3 N–H and O–H groups in total. The van der Waals surface area contributed by atoms with Gasteiger partial charge in [0.15, 0.2) is 0 Å². The third-order valence-corrected chi connectivity index (χ3v) is 2.82. The van der Waals surface area contributed by atoms with Gasteiger partial charge in [-0.15, -0.1) is 0 Å². The Balaban J connectivity index is 1.95. The van der Waals surface area contributed by atoms with Crippen LogP contribution in [0.25, 0.3) is 0 Å². The minimum atomic E-state index is -0.102. The van der Waals surface area contributed by atoms with Crippen LogP contribution in [-0.4, -0.2) is 10.9 Å². The van der Waals surface area contributed by atoms with E-state index in [1.165, 1.54) is 0 Å². The first-order chi connectivity index (χ1) is 9.15. The van der Waals surface area contributed by atoms with Crippen molar-refractivity contribution in [3.63, 3.8) is 0 Å². The van der Waals surface area contributed by atoms with E-state index in [1.807, 2.05) is 43.3 Å². The predicted molar refractivity (Wildman–Crippen MR) is 75.4 cm³/mol. The SMILES string of the molecule is CC(NC(=O)Cc1cccc(N)c1)c1ccccn1. The first-order valence-corrected chi connectivity index (χ1v) is 6.20. The quantitative estimate of drug-likeness (QED) is 0.822. The van der Waals surface area contributed by atoms with Crippen LogP contribution in [0.4, 0.5) is 5.69 Å². The molecule has 0 saturated heterocycles. The van der Waals surface area contributed by atoms with Crippen molar-refractivity contribution in [1.82, 2.24) is 10.3 Å². The number of hydrogen-bond acceptors (Lipinski definition) is 3. The number of anilines is 1. The Morgan fingerprint density at radius 1 is 1.32 bits per heavy atom. The molecule has 2 rings (SSSR count). The number of nitrogen functional groups attached to an aromatic ring is 1. The van der Waals surface area contributed by atoms with E-state index < -0.39 is 0 Å². The van der Waals surface area contributed by atoms with Crippen molar-refractivity contribution in [2.24, 2.45) is 0 Å². The van der Waals surface area contributed by atoms with Gasteiger partial charge in [-0.2, -0.15) is 0 Å². The zero-order valence-corrected chi connectivity index (χ0v) is 10.8. The lowest BCUT2D eigenvalue weighted by Crippen LogP contribution is -2.28. The van der Waals surface area contributed by atoms with Crippen LogP contribution in [0, 0.1) is 0 Å². The Labute approximate surface area is 112 Å². The first kappa shape index (κ1) is 13.1. The average Bonchev–Trinajstić information content (AvgIpc) is 2.39. The number of amides is 1. The van der Waals surface area contributed by atoms with Gasteiger partial charge >= 0.3 is 0 Å². The molecule has 0 aliphatic carbocycles. The van der Waals surface area contributed by atoms with Gasteiger partial charge in [-0.25, -0.2) is 0 Å². The Morgan fingerprint density at radius 2 is 2.16 bits per heavy atom. The number of hydrogen-bond donors (Lipinski definition) is 2. The van der Waals surface area contributed by atoms with Crippen LogP contribution in [0.15, 0.2) is 48.7 Å². The van der Waals surface area contributed by atoms with Gasteiger partial charge in [-0.3, -0.25) is 9.78 Å². The summed E-state index contributed by atoms with van der Waals surface area (Å²) in [5.41, 5.74) is 8.11. The zero-order valence-electron chi connectivity index (χ0n) is 10.8. The third kappa shape index (κ3) is 3.81. The summed E-state index contributed by atoms with van der Waals surface area (Å²) in [6.45, 7) is 1.92.